The summed E-state index contributed by atoms with van der Waals surface area (Å²) in [6.07, 6.45) is 4.08. The molecule has 0 radical (unpaired) electrons. The molecule has 0 saturated carbocycles. The van der Waals surface area contributed by atoms with Gasteiger partial charge in [-0.05, 0) is 38.1 Å². The number of likely N-dealkylation sites (tertiary alicyclic amines) is 1. The van der Waals surface area contributed by atoms with Crippen molar-refractivity contribution in [2.75, 3.05) is 13.1 Å². The van der Waals surface area contributed by atoms with Crippen molar-refractivity contribution >= 4 is 17.2 Å². The predicted octanol–water partition coefficient (Wildman–Crippen LogP) is 1.94. The Kier molecular flexibility index (Phi) is 3.06. The van der Waals surface area contributed by atoms with Gasteiger partial charge in [0.15, 0.2) is 0 Å². The van der Waals surface area contributed by atoms with Crippen molar-refractivity contribution in [1.29, 1.82) is 0 Å². The Bertz CT molecular complexity index is 632. The van der Waals surface area contributed by atoms with Gasteiger partial charge in [0.1, 0.15) is 5.65 Å². The summed E-state index contributed by atoms with van der Waals surface area (Å²) in [5, 5.41) is 0.540. The minimum absolute atomic E-state index is 0.0725. The summed E-state index contributed by atoms with van der Waals surface area (Å²) in [5.41, 5.74) is 1.42. The van der Waals surface area contributed by atoms with E-state index in [1.807, 2.05) is 0 Å². The van der Waals surface area contributed by atoms with Crippen LogP contribution in [0.2, 0.25) is 5.02 Å². The lowest BCUT2D eigenvalue weighted by Gasteiger charge is -2.13. The fourth-order valence-corrected chi connectivity index (χ4v) is 2.54. The molecule has 18 heavy (non-hydrogen) atoms. The van der Waals surface area contributed by atoms with Crippen LogP contribution >= 0.6 is 11.6 Å². The molecule has 1 aliphatic heterocycles. The van der Waals surface area contributed by atoms with E-state index < -0.39 is 0 Å². The molecule has 4 nitrogen and oxygen atoms in total. The first-order valence-electron chi connectivity index (χ1n) is 6.12. The van der Waals surface area contributed by atoms with Crippen LogP contribution in [0.15, 0.2) is 29.2 Å². The molecule has 0 N–H and O–H groups in total. The van der Waals surface area contributed by atoms with Crippen LogP contribution in [-0.2, 0) is 6.54 Å². The molecule has 1 saturated heterocycles. The van der Waals surface area contributed by atoms with E-state index in [0.29, 0.717) is 10.7 Å². The van der Waals surface area contributed by atoms with E-state index >= 15 is 0 Å². The topological polar surface area (TPSA) is 37.6 Å². The zero-order valence-electron chi connectivity index (χ0n) is 9.97. The van der Waals surface area contributed by atoms with Gasteiger partial charge in [0, 0.05) is 18.8 Å². The average molecular weight is 264 g/mol. The SMILES string of the molecule is O=c1cc(CN2CCCC2)nc2ccc(Cl)cn12. The molecule has 5 heteroatoms. The molecule has 0 aromatic carbocycles. The molecule has 0 unspecified atom stereocenters. The van der Waals surface area contributed by atoms with E-state index in [1.54, 1.807) is 24.4 Å². The standard InChI is InChI=1S/C13H14ClN3O/c14-10-3-4-12-15-11(7-13(18)17(12)8-10)9-16-5-1-2-6-16/h3-4,7-8H,1-2,5-6,9H2. The van der Waals surface area contributed by atoms with Crippen LogP contribution in [0.3, 0.4) is 0 Å². The number of hydrogen-bond acceptors (Lipinski definition) is 3. The van der Waals surface area contributed by atoms with Crippen LogP contribution in [0.4, 0.5) is 0 Å². The zero-order valence-corrected chi connectivity index (χ0v) is 10.7. The van der Waals surface area contributed by atoms with E-state index in [9.17, 15) is 4.79 Å². The van der Waals surface area contributed by atoms with Crippen LogP contribution in [-0.4, -0.2) is 27.4 Å². The maximum absolute atomic E-state index is 12.0. The molecule has 0 aliphatic carbocycles. The largest absolute Gasteiger partial charge is 0.298 e. The fourth-order valence-electron chi connectivity index (χ4n) is 2.38. The minimum Gasteiger partial charge on any atom is -0.298 e. The highest BCUT2D eigenvalue weighted by molar-refractivity contribution is 6.30. The minimum atomic E-state index is -0.0725. The second kappa shape index (κ2) is 4.71. The summed E-state index contributed by atoms with van der Waals surface area (Å²) in [4.78, 5) is 18.8. The average Bonchev–Trinajstić information content (AvgIpc) is 2.83. The van der Waals surface area contributed by atoms with Crippen LogP contribution in [0.1, 0.15) is 18.5 Å². The highest BCUT2D eigenvalue weighted by Gasteiger charge is 2.13. The second-order valence-corrected chi connectivity index (χ2v) is 5.08. The van der Waals surface area contributed by atoms with Crippen molar-refractivity contribution in [3.63, 3.8) is 0 Å². The van der Waals surface area contributed by atoms with E-state index in [0.717, 1.165) is 25.3 Å². The molecule has 2 aromatic heterocycles. The van der Waals surface area contributed by atoms with E-state index in [1.165, 1.54) is 17.2 Å². The fraction of sp³-hybridized carbons (Fsp3) is 0.385. The molecule has 3 heterocycles. The van der Waals surface area contributed by atoms with Gasteiger partial charge in [-0.2, -0.15) is 0 Å². The summed E-state index contributed by atoms with van der Waals surface area (Å²) in [7, 11) is 0. The molecule has 1 aliphatic rings. The number of aromatic nitrogens is 2. The van der Waals surface area contributed by atoms with E-state index in [-0.39, 0.29) is 5.56 Å². The van der Waals surface area contributed by atoms with Gasteiger partial charge in [0.2, 0.25) is 0 Å². The summed E-state index contributed by atoms with van der Waals surface area (Å²) in [6.45, 7) is 2.96. The van der Waals surface area contributed by atoms with E-state index in [2.05, 4.69) is 9.88 Å². The molecular weight excluding hydrogens is 250 g/mol. The van der Waals surface area contributed by atoms with Gasteiger partial charge < -0.3 is 0 Å². The van der Waals surface area contributed by atoms with Gasteiger partial charge in [0.05, 0.1) is 10.7 Å². The van der Waals surface area contributed by atoms with Crippen LogP contribution in [0.5, 0.6) is 0 Å². The van der Waals surface area contributed by atoms with Crippen molar-refractivity contribution in [1.82, 2.24) is 14.3 Å². The normalized spacial score (nSPS) is 16.5. The lowest BCUT2D eigenvalue weighted by atomic mass is 10.3. The van der Waals surface area contributed by atoms with Gasteiger partial charge >= 0.3 is 0 Å². The van der Waals surface area contributed by atoms with Crippen LogP contribution in [0, 0.1) is 0 Å². The Hall–Kier alpha value is -1.39. The van der Waals surface area contributed by atoms with Crippen molar-refractivity contribution < 1.29 is 0 Å². The lowest BCUT2D eigenvalue weighted by Crippen LogP contribution is -2.22. The maximum Gasteiger partial charge on any atom is 0.258 e. The molecular formula is C13H14ClN3O. The zero-order chi connectivity index (χ0) is 12.5. The van der Waals surface area contributed by atoms with Crippen molar-refractivity contribution in [2.45, 2.75) is 19.4 Å². The predicted molar refractivity (Wildman–Crippen MR) is 71.0 cm³/mol. The summed E-state index contributed by atoms with van der Waals surface area (Å²) in [5.74, 6) is 0. The Morgan fingerprint density at radius 3 is 2.83 bits per heavy atom. The summed E-state index contributed by atoms with van der Waals surface area (Å²) < 4.78 is 1.48. The summed E-state index contributed by atoms with van der Waals surface area (Å²) >= 11 is 5.87. The first-order chi connectivity index (χ1) is 8.72. The molecule has 0 amide bonds. The third-order valence-corrected chi connectivity index (χ3v) is 3.48. The quantitative estimate of drug-likeness (QED) is 0.831. The number of fused-ring (bicyclic) bond motifs is 1. The van der Waals surface area contributed by atoms with Gasteiger partial charge in [0.25, 0.3) is 5.56 Å². The number of pyridine rings is 1. The van der Waals surface area contributed by atoms with E-state index in [4.69, 9.17) is 11.6 Å². The number of rotatable bonds is 2. The van der Waals surface area contributed by atoms with Crippen LogP contribution in [0.25, 0.3) is 5.65 Å². The Morgan fingerprint density at radius 1 is 1.28 bits per heavy atom. The molecule has 0 atom stereocenters. The molecule has 94 valence electrons. The first-order valence-corrected chi connectivity index (χ1v) is 6.50. The Balaban J connectivity index is 1.99. The monoisotopic (exact) mass is 263 g/mol. The molecule has 2 aromatic rings. The van der Waals surface area contributed by atoms with Crippen molar-refractivity contribution in [3.8, 4) is 0 Å². The molecule has 0 bridgehead atoms. The molecule has 0 spiro atoms. The molecule has 3 rings (SSSR count). The van der Waals surface area contributed by atoms with Gasteiger partial charge in [-0.1, -0.05) is 11.6 Å². The first kappa shape index (κ1) is 11.7. The van der Waals surface area contributed by atoms with Gasteiger partial charge in [-0.3, -0.25) is 14.1 Å². The number of hydrogen-bond donors (Lipinski definition) is 0. The third-order valence-electron chi connectivity index (χ3n) is 3.26. The smallest absolute Gasteiger partial charge is 0.258 e. The van der Waals surface area contributed by atoms with Crippen molar-refractivity contribution in [3.05, 3.63) is 45.5 Å². The second-order valence-electron chi connectivity index (χ2n) is 4.64. The molecule has 1 fully saturated rings. The van der Waals surface area contributed by atoms with Crippen LogP contribution < -0.4 is 5.56 Å². The summed E-state index contributed by atoms with van der Waals surface area (Å²) in [6, 6.07) is 5.13. The van der Waals surface area contributed by atoms with Crippen molar-refractivity contribution in [2.24, 2.45) is 0 Å². The Morgan fingerprint density at radius 2 is 2.06 bits per heavy atom. The Labute approximate surface area is 110 Å². The highest BCUT2D eigenvalue weighted by Crippen LogP contribution is 2.12. The number of halogens is 1. The van der Waals surface area contributed by atoms with Gasteiger partial charge in [-0.15, -0.1) is 0 Å². The van der Waals surface area contributed by atoms with Gasteiger partial charge in [-0.25, -0.2) is 4.98 Å². The third kappa shape index (κ3) is 2.26. The lowest BCUT2D eigenvalue weighted by molar-refractivity contribution is 0.327. The number of nitrogens with zero attached hydrogens (tertiary/aromatic N) is 3. The maximum atomic E-state index is 12.0. The highest BCUT2D eigenvalue weighted by atomic mass is 35.5.